The molecular weight excluding hydrogens is 429 g/mol. The second-order valence-electron chi connectivity index (χ2n) is 6.88. The third kappa shape index (κ3) is 3.41. The summed E-state index contributed by atoms with van der Waals surface area (Å²) in [7, 11) is 0. The summed E-state index contributed by atoms with van der Waals surface area (Å²) in [5.41, 5.74) is -3.43. The minimum atomic E-state index is -4.65. The van der Waals surface area contributed by atoms with Crippen LogP contribution < -0.4 is 5.32 Å². The van der Waals surface area contributed by atoms with E-state index < -0.39 is 51.0 Å². The summed E-state index contributed by atoms with van der Waals surface area (Å²) in [6.45, 7) is 0. The van der Waals surface area contributed by atoms with Gasteiger partial charge in [-0.25, -0.2) is 0 Å². The van der Waals surface area contributed by atoms with Crippen LogP contribution in [0.15, 0.2) is 60.7 Å². The molecule has 0 saturated heterocycles. The summed E-state index contributed by atoms with van der Waals surface area (Å²) >= 11 is 0. The van der Waals surface area contributed by atoms with Crippen LogP contribution >= 0.6 is 0 Å². The number of hydrogen-bond acceptors (Lipinski definition) is 5. The molecule has 1 aliphatic carbocycles. The van der Waals surface area contributed by atoms with Crippen LogP contribution in [0.1, 0.15) is 47.8 Å². The van der Waals surface area contributed by atoms with Crippen molar-refractivity contribution in [2.75, 3.05) is 5.32 Å². The van der Waals surface area contributed by atoms with E-state index in [0.29, 0.717) is 6.07 Å². The number of nitro groups is 1. The Hall–Kier alpha value is -4.34. The Labute approximate surface area is 177 Å². The molecule has 7 nitrogen and oxygen atoms in total. The summed E-state index contributed by atoms with van der Waals surface area (Å²) in [6.07, 6.45) is -4.65. The summed E-state index contributed by atoms with van der Waals surface area (Å²) in [5, 5.41) is 14.0. The number of fused-ring (bicyclic) bond motifs is 2. The van der Waals surface area contributed by atoms with E-state index in [1.165, 1.54) is 24.3 Å². The van der Waals surface area contributed by atoms with Gasteiger partial charge in [-0.2, -0.15) is 13.2 Å². The first-order valence-electron chi connectivity index (χ1n) is 9.08. The third-order valence-corrected chi connectivity index (χ3v) is 4.94. The number of amides is 1. The SMILES string of the molecule is O=C1c2ccccc2C(=O)c2c1ccc(C(=O)Nc1cccc(C(F)(F)F)c1)c2[N+](=O)[O-]. The molecule has 0 heterocycles. The number of rotatable bonds is 3. The van der Waals surface area contributed by atoms with Gasteiger partial charge in [0.15, 0.2) is 5.78 Å². The van der Waals surface area contributed by atoms with E-state index >= 15 is 0 Å². The normalized spacial score (nSPS) is 12.7. The lowest BCUT2D eigenvalue weighted by atomic mass is 9.82. The van der Waals surface area contributed by atoms with Crippen LogP contribution in [0.2, 0.25) is 0 Å². The van der Waals surface area contributed by atoms with Gasteiger partial charge in [0, 0.05) is 22.4 Å². The highest BCUT2D eigenvalue weighted by Gasteiger charge is 2.38. The van der Waals surface area contributed by atoms with Crippen molar-refractivity contribution in [2.45, 2.75) is 6.18 Å². The summed E-state index contributed by atoms with van der Waals surface area (Å²) < 4.78 is 38.7. The number of alkyl halides is 3. The van der Waals surface area contributed by atoms with Crippen LogP contribution in [0.5, 0.6) is 0 Å². The van der Waals surface area contributed by atoms with Crippen molar-refractivity contribution in [3.8, 4) is 0 Å². The Morgan fingerprint density at radius 2 is 1.53 bits per heavy atom. The number of nitrogens with zero attached hydrogens (tertiary/aromatic N) is 1. The molecule has 0 aromatic heterocycles. The molecule has 0 atom stereocenters. The molecule has 0 unspecified atom stereocenters. The molecule has 3 aromatic carbocycles. The lowest BCUT2D eigenvalue weighted by Crippen LogP contribution is -2.24. The second kappa shape index (κ2) is 7.41. The van der Waals surface area contributed by atoms with Crippen molar-refractivity contribution in [3.63, 3.8) is 0 Å². The molecule has 1 amide bonds. The molecule has 0 saturated carbocycles. The van der Waals surface area contributed by atoms with Gasteiger partial charge >= 0.3 is 6.18 Å². The van der Waals surface area contributed by atoms with Gasteiger partial charge < -0.3 is 5.32 Å². The number of carbonyl (C=O) groups excluding carboxylic acids is 3. The zero-order chi connectivity index (χ0) is 23.2. The molecule has 0 fully saturated rings. The number of carbonyl (C=O) groups is 3. The van der Waals surface area contributed by atoms with E-state index in [1.54, 1.807) is 6.07 Å². The third-order valence-electron chi connectivity index (χ3n) is 4.94. The van der Waals surface area contributed by atoms with Crippen molar-refractivity contribution in [1.29, 1.82) is 0 Å². The van der Waals surface area contributed by atoms with Crippen LogP contribution in [0, 0.1) is 10.1 Å². The Morgan fingerprint density at radius 1 is 0.875 bits per heavy atom. The molecule has 3 aromatic rings. The van der Waals surface area contributed by atoms with Crippen LogP contribution in [-0.2, 0) is 6.18 Å². The highest BCUT2D eigenvalue weighted by molar-refractivity contribution is 6.30. The van der Waals surface area contributed by atoms with Gasteiger partial charge in [-0.3, -0.25) is 24.5 Å². The van der Waals surface area contributed by atoms with Gasteiger partial charge in [0.2, 0.25) is 5.78 Å². The smallest absolute Gasteiger partial charge is 0.322 e. The summed E-state index contributed by atoms with van der Waals surface area (Å²) in [4.78, 5) is 49.3. The molecule has 10 heteroatoms. The fourth-order valence-corrected chi connectivity index (χ4v) is 3.51. The van der Waals surface area contributed by atoms with Gasteiger partial charge in [-0.05, 0) is 30.3 Å². The average Bonchev–Trinajstić information content (AvgIpc) is 2.76. The van der Waals surface area contributed by atoms with Gasteiger partial charge in [-0.15, -0.1) is 0 Å². The molecule has 4 rings (SSSR count). The Bertz CT molecular complexity index is 1330. The Balaban J connectivity index is 1.80. The molecule has 1 N–H and O–H groups in total. The monoisotopic (exact) mass is 440 g/mol. The summed E-state index contributed by atoms with van der Waals surface area (Å²) in [6, 6.07) is 11.6. The predicted molar refractivity (Wildman–Crippen MR) is 106 cm³/mol. The maximum atomic E-state index is 13.0. The number of nitro benzene ring substituents is 1. The Kier molecular flexibility index (Phi) is 4.85. The highest BCUT2D eigenvalue weighted by Crippen LogP contribution is 2.36. The van der Waals surface area contributed by atoms with Crippen molar-refractivity contribution in [2.24, 2.45) is 0 Å². The van der Waals surface area contributed by atoms with Crippen molar-refractivity contribution >= 4 is 28.8 Å². The summed E-state index contributed by atoms with van der Waals surface area (Å²) in [5.74, 6) is -2.50. The zero-order valence-corrected chi connectivity index (χ0v) is 15.9. The molecule has 160 valence electrons. The van der Waals surface area contributed by atoms with Gasteiger partial charge in [-0.1, -0.05) is 30.3 Å². The number of nitrogens with one attached hydrogen (secondary N) is 1. The first-order valence-corrected chi connectivity index (χ1v) is 9.08. The number of hydrogen-bond donors (Lipinski definition) is 1. The van der Waals surface area contributed by atoms with E-state index in [9.17, 15) is 37.7 Å². The van der Waals surface area contributed by atoms with E-state index in [1.807, 2.05) is 0 Å². The van der Waals surface area contributed by atoms with Crippen molar-refractivity contribution in [1.82, 2.24) is 0 Å². The predicted octanol–water partition coefficient (Wildman–Crippen LogP) is 4.64. The van der Waals surface area contributed by atoms with Crippen LogP contribution in [0.25, 0.3) is 0 Å². The second-order valence-corrected chi connectivity index (χ2v) is 6.88. The maximum absolute atomic E-state index is 13.0. The minimum absolute atomic E-state index is 0.0384. The van der Waals surface area contributed by atoms with Gasteiger partial charge in [0.05, 0.1) is 10.5 Å². The molecule has 0 aliphatic heterocycles. The molecule has 0 bridgehead atoms. The number of halogens is 3. The molecular formula is C22H11F3N2O5. The number of ketones is 2. The lowest BCUT2D eigenvalue weighted by Gasteiger charge is -2.18. The average molecular weight is 440 g/mol. The fourth-order valence-electron chi connectivity index (χ4n) is 3.51. The number of benzene rings is 3. The van der Waals surface area contributed by atoms with E-state index in [0.717, 1.165) is 24.3 Å². The first kappa shape index (κ1) is 20.9. The highest BCUT2D eigenvalue weighted by atomic mass is 19.4. The molecule has 32 heavy (non-hydrogen) atoms. The van der Waals surface area contributed by atoms with E-state index in [4.69, 9.17) is 0 Å². The fraction of sp³-hybridized carbons (Fsp3) is 0.0455. The zero-order valence-electron chi connectivity index (χ0n) is 15.9. The largest absolute Gasteiger partial charge is 0.416 e. The van der Waals surface area contributed by atoms with Crippen molar-refractivity contribution in [3.05, 3.63) is 104 Å². The standard InChI is InChI=1S/C22H11F3N2O5/c23-22(24,25)11-4-3-5-12(10-11)26-21(30)16-9-8-15-17(18(16)27(31)32)20(29)14-7-2-1-6-13(14)19(15)28/h1-10H,(H,26,30). The topological polar surface area (TPSA) is 106 Å². The van der Waals surface area contributed by atoms with Crippen LogP contribution in [0.4, 0.5) is 24.5 Å². The van der Waals surface area contributed by atoms with Crippen LogP contribution in [0.3, 0.4) is 0 Å². The number of anilines is 1. The molecule has 0 spiro atoms. The maximum Gasteiger partial charge on any atom is 0.416 e. The van der Waals surface area contributed by atoms with E-state index in [-0.39, 0.29) is 22.4 Å². The lowest BCUT2D eigenvalue weighted by molar-refractivity contribution is -0.385. The Morgan fingerprint density at radius 3 is 2.16 bits per heavy atom. The van der Waals surface area contributed by atoms with Gasteiger partial charge in [0.25, 0.3) is 11.6 Å². The van der Waals surface area contributed by atoms with E-state index in [2.05, 4.69) is 5.32 Å². The molecule has 0 radical (unpaired) electrons. The first-order chi connectivity index (χ1) is 15.1. The van der Waals surface area contributed by atoms with Gasteiger partial charge in [0.1, 0.15) is 11.1 Å². The molecule has 1 aliphatic rings. The quantitative estimate of drug-likeness (QED) is 0.369. The van der Waals surface area contributed by atoms with Crippen molar-refractivity contribution < 1.29 is 32.5 Å². The van der Waals surface area contributed by atoms with Crippen LogP contribution in [-0.4, -0.2) is 22.4 Å². The minimum Gasteiger partial charge on any atom is -0.322 e.